The van der Waals surface area contributed by atoms with Crippen LogP contribution in [0.4, 0.5) is 0 Å². The summed E-state index contributed by atoms with van der Waals surface area (Å²) in [6.07, 6.45) is 3.89. The molecular formula is C12H20N4O. The zero-order valence-corrected chi connectivity index (χ0v) is 10.5. The number of carbonyl (C=O) groups is 1. The Labute approximate surface area is 102 Å². The van der Waals surface area contributed by atoms with Gasteiger partial charge in [-0.1, -0.05) is 0 Å². The summed E-state index contributed by atoms with van der Waals surface area (Å²) in [4.78, 5) is 14.2. The van der Waals surface area contributed by atoms with Crippen LogP contribution >= 0.6 is 0 Å². The zero-order chi connectivity index (χ0) is 12.3. The molecule has 0 bridgehead atoms. The lowest BCUT2D eigenvalue weighted by Crippen LogP contribution is -2.43. The van der Waals surface area contributed by atoms with E-state index in [1.807, 2.05) is 13.1 Å². The van der Waals surface area contributed by atoms with Crippen molar-refractivity contribution in [3.8, 4) is 0 Å². The van der Waals surface area contributed by atoms with Crippen molar-refractivity contribution in [3.05, 3.63) is 18.0 Å². The van der Waals surface area contributed by atoms with E-state index in [0.29, 0.717) is 11.7 Å². The van der Waals surface area contributed by atoms with Crippen molar-refractivity contribution in [1.29, 1.82) is 0 Å². The summed E-state index contributed by atoms with van der Waals surface area (Å²) in [6.45, 7) is 4.90. The minimum absolute atomic E-state index is 0.0493. The Morgan fingerprint density at radius 3 is 2.82 bits per heavy atom. The molecule has 0 radical (unpaired) electrons. The van der Waals surface area contributed by atoms with Crippen LogP contribution < -0.4 is 5.32 Å². The minimum atomic E-state index is -0.0493. The van der Waals surface area contributed by atoms with E-state index in [1.54, 1.807) is 10.7 Å². The number of hydrogen-bond donors (Lipinski definition) is 1. The summed E-state index contributed by atoms with van der Waals surface area (Å²) in [5.41, 5.74) is 0.519. The molecule has 2 heterocycles. The van der Waals surface area contributed by atoms with Gasteiger partial charge in [-0.3, -0.25) is 9.48 Å². The quantitative estimate of drug-likeness (QED) is 0.841. The van der Waals surface area contributed by atoms with Gasteiger partial charge in [-0.05, 0) is 46.0 Å². The van der Waals surface area contributed by atoms with Gasteiger partial charge in [-0.15, -0.1) is 0 Å². The second-order valence-corrected chi connectivity index (χ2v) is 4.61. The molecule has 17 heavy (non-hydrogen) atoms. The van der Waals surface area contributed by atoms with Crippen LogP contribution in [0.1, 0.15) is 30.3 Å². The Balaban J connectivity index is 1.88. The summed E-state index contributed by atoms with van der Waals surface area (Å²) in [6, 6.07) is 2.07. The highest BCUT2D eigenvalue weighted by Crippen LogP contribution is 2.09. The Kier molecular flexibility index (Phi) is 3.78. The number of hydrogen-bond acceptors (Lipinski definition) is 3. The lowest BCUT2D eigenvalue weighted by atomic mass is 10.1. The first kappa shape index (κ1) is 12.1. The van der Waals surface area contributed by atoms with E-state index in [0.717, 1.165) is 32.5 Å². The monoisotopic (exact) mass is 236 g/mol. The third kappa shape index (κ3) is 3.06. The average Bonchev–Trinajstić information content (AvgIpc) is 2.81. The molecule has 0 unspecified atom stereocenters. The Morgan fingerprint density at radius 1 is 1.53 bits per heavy atom. The fourth-order valence-corrected chi connectivity index (χ4v) is 2.07. The second kappa shape index (κ2) is 5.31. The standard InChI is InChI=1S/C12H20N4O/c1-3-16-9-6-11(14-16)12(17)13-10-4-7-15(2)8-5-10/h6,9-10H,3-5,7-8H2,1-2H3,(H,13,17). The van der Waals surface area contributed by atoms with Gasteiger partial charge in [0, 0.05) is 18.8 Å². The highest BCUT2D eigenvalue weighted by atomic mass is 16.2. The van der Waals surface area contributed by atoms with Crippen molar-refractivity contribution in [2.45, 2.75) is 32.4 Å². The number of aromatic nitrogens is 2. The fourth-order valence-electron chi connectivity index (χ4n) is 2.07. The highest BCUT2D eigenvalue weighted by molar-refractivity contribution is 5.92. The number of carbonyl (C=O) groups excluding carboxylic acids is 1. The zero-order valence-electron chi connectivity index (χ0n) is 10.5. The number of nitrogens with one attached hydrogen (secondary N) is 1. The SMILES string of the molecule is CCn1ccc(C(=O)NC2CCN(C)CC2)n1. The maximum Gasteiger partial charge on any atom is 0.271 e. The van der Waals surface area contributed by atoms with Gasteiger partial charge in [0.25, 0.3) is 5.91 Å². The van der Waals surface area contributed by atoms with Gasteiger partial charge in [0.2, 0.25) is 0 Å². The van der Waals surface area contributed by atoms with Crippen LogP contribution in [0.5, 0.6) is 0 Å². The molecule has 0 aliphatic carbocycles. The first-order valence-corrected chi connectivity index (χ1v) is 6.22. The molecule has 5 heteroatoms. The molecule has 0 aromatic carbocycles. The fraction of sp³-hybridized carbons (Fsp3) is 0.667. The minimum Gasteiger partial charge on any atom is -0.348 e. The summed E-state index contributed by atoms with van der Waals surface area (Å²) in [5.74, 6) is -0.0493. The van der Waals surface area contributed by atoms with E-state index in [9.17, 15) is 4.79 Å². The number of nitrogens with zero attached hydrogens (tertiary/aromatic N) is 3. The molecule has 2 rings (SSSR count). The van der Waals surface area contributed by atoms with Crippen molar-refractivity contribution in [1.82, 2.24) is 20.0 Å². The van der Waals surface area contributed by atoms with Gasteiger partial charge >= 0.3 is 0 Å². The predicted octanol–water partition coefficient (Wildman–Crippen LogP) is 0.727. The molecule has 1 aliphatic rings. The van der Waals surface area contributed by atoms with E-state index in [4.69, 9.17) is 0 Å². The molecule has 1 aliphatic heterocycles. The molecule has 1 saturated heterocycles. The third-order valence-corrected chi connectivity index (χ3v) is 3.25. The molecule has 0 saturated carbocycles. The first-order valence-electron chi connectivity index (χ1n) is 6.22. The van der Waals surface area contributed by atoms with Gasteiger partial charge in [-0.25, -0.2) is 0 Å². The average molecular weight is 236 g/mol. The first-order chi connectivity index (χ1) is 8.19. The van der Waals surface area contributed by atoms with E-state index in [2.05, 4.69) is 22.4 Å². The Morgan fingerprint density at radius 2 is 2.24 bits per heavy atom. The Hall–Kier alpha value is -1.36. The number of aryl methyl sites for hydroxylation is 1. The maximum absolute atomic E-state index is 11.9. The van der Waals surface area contributed by atoms with Gasteiger partial charge in [0.1, 0.15) is 5.69 Å². The summed E-state index contributed by atoms with van der Waals surface area (Å²) in [7, 11) is 2.11. The van der Waals surface area contributed by atoms with Crippen LogP contribution in [0.2, 0.25) is 0 Å². The molecule has 1 amide bonds. The molecule has 0 spiro atoms. The van der Waals surface area contributed by atoms with Crippen molar-refractivity contribution in [3.63, 3.8) is 0 Å². The van der Waals surface area contributed by atoms with Crippen molar-refractivity contribution < 1.29 is 4.79 Å². The molecular weight excluding hydrogens is 216 g/mol. The van der Waals surface area contributed by atoms with Gasteiger partial charge < -0.3 is 10.2 Å². The van der Waals surface area contributed by atoms with E-state index in [1.165, 1.54) is 0 Å². The van der Waals surface area contributed by atoms with Crippen LogP contribution in [0.15, 0.2) is 12.3 Å². The summed E-state index contributed by atoms with van der Waals surface area (Å²) in [5, 5.41) is 7.26. The summed E-state index contributed by atoms with van der Waals surface area (Å²) >= 11 is 0. The highest BCUT2D eigenvalue weighted by Gasteiger charge is 2.19. The van der Waals surface area contributed by atoms with Crippen molar-refractivity contribution >= 4 is 5.91 Å². The maximum atomic E-state index is 11.9. The van der Waals surface area contributed by atoms with Gasteiger partial charge in [0.05, 0.1) is 0 Å². The molecule has 5 nitrogen and oxygen atoms in total. The normalized spacial score (nSPS) is 18.2. The van der Waals surface area contributed by atoms with Crippen LogP contribution in [0.25, 0.3) is 0 Å². The molecule has 94 valence electrons. The largest absolute Gasteiger partial charge is 0.348 e. The molecule has 1 aromatic heterocycles. The smallest absolute Gasteiger partial charge is 0.271 e. The van der Waals surface area contributed by atoms with E-state index < -0.39 is 0 Å². The summed E-state index contributed by atoms with van der Waals surface area (Å²) < 4.78 is 1.77. The van der Waals surface area contributed by atoms with Crippen molar-refractivity contribution in [2.75, 3.05) is 20.1 Å². The molecule has 1 fully saturated rings. The van der Waals surface area contributed by atoms with Crippen LogP contribution in [-0.4, -0.2) is 46.8 Å². The number of rotatable bonds is 3. The van der Waals surface area contributed by atoms with Gasteiger partial charge in [0.15, 0.2) is 0 Å². The van der Waals surface area contributed by atoms with E-state index >= 15 is 0 Å². The second-order valence-electron chi connectivity index (χ2n) is 4.61. The molecule has 0 atom stereocenters. The van der Waals surface area contributed by atoms with Crippen LogP contribution in [-0.2, 0) is 6.54 Å². The lowest BCUT2D eigenvalue weighted by molar-refractivity contribution is 0.0911. The topological polar surface area (TPSA) is 50.2 Å². The number of likely N-dealkylation sites (tertiary alicyclic amines) is 1. The number of amides is 1. The predicted molar refractivity (Wildman–Crippen MR) is 65.9 cm³/mol. The molecule has 1 aromatic rings. The van der Waals surface area contributed by atoms with E-state index in [-0.39, 0.29) is 5.91 Å². The van der Waals surface area contributed by atoms with Gasteiger partial charge in [-0.2, -0.15) is 5.10 Å². The Bertz CT molecular complexity index is 380. The number of piperidine rings is 1. The third-order valence-electron chi connectivity index (χ3n) is 3.25. The lowest BCUT2D eigenvalue weighted by Gasteiger charge is -2.29. The van der Waals surface area contributed by atoms with Crippen LogP contribution in [0.3, 0.4) is 0 Å². The molecule has 1 N–H and O–H groups in total. The van der Waals surface area contributed by atoms with Crippen molar-refractivity contribution in [2.24, 2.45) is 0 Å². The van der Waals surface area contributed by atoms with Crippen LogP contribution in [0, 0.1) is 0 Å².